The van der Waals surface area contributed by atoms with Crippen LogP contribution in [0.4, 0.5) is 11.4 Å². The lowest BCUT2D eigenvalue weighted by atomic mass is 10.1. The Labute approximate surface area is 149 Å². The number of hydrogen-bond acceptors (Lipinski definition) is 4. The van der Waals surface area contributed by atoms with Gasteiger partial charge < -0.3 is 4.57 Å². The van der Waals surface area contributed by atoms with Crippen LogP contribution in [-0.2, 0) is 7.05 Å². The molecule has 1 heterocycles. The maximum Gasteiger partial charge on any atom is 0.269 e. The van der Waals surface area contributed by atoms with Crippen molar-refractivity contribution in [1.29, 1.82) is 0 Å². The standard InChI is InChI=1S/C20H16N4O2/c1-23-19-5-3-2-4-17(19)18-12-14(6-11-20(18)23)13-21-22-15-7-9-16(10-8-15)24(25)26/h2-13,22H,1H3/b21-13+. The zero-order chi connectivity index (χ0) is 18.1. The number of nitrogens with one attached hydrogen (secondary N) is 1. The number of nitrogens with zero attached hydrogens (tertiary/aromatic N) is 3. The minimum Gasteiger partial charge on any atom is -0.344 e. The van der Waals surface area contributed by atoms with Gasteiger partial charge in [0.15, 0.2) is 0 Å². The van der Waals surface area contributed by atoms with Crippen molar-refractivity contribution in [1.82, 2.24) is 4.57 Å². The highest BCUT2D eigenvalue weighted by Crippen LogP contribution is 2.28. The Bertz CT molecular complexity index is 1140. The second kappa shape index (κ2) is 6.33. The summed E-state index contributed by atoms with van der Waals surface area (Å²) >= 11 is 0. The molecule has 0 radical (unpaired) electrons. The van der Waals surface area contributed by atoms with Gasteiger partial charge in [-0.15, -0.1) is 0 Å². The second-order valence-corrected chi connectivity index (χ2v) is 6.03. The number of rotatable bonds is 4. The Balaban J connectivity index is 1.60. The number of aryl methyl sites for hydroxylation is 1. The summed E-state index contributed by atoms with van der Waals surface area (Å²) in [5.41, 5.74) is 6.98. The molecule has 0 spiro atoms. The monoisotopic (exact) mass is 344 g/mol. The van der Waals surface area contributed by atoms with Gasteiger partial charge in [-0.3, -0.25) is 15.5 Å². The molecule has 0 atom stereocenters. The number of nitro benzene ring substituents is 1. The fourth-order valence-electron chi connectivity index (χ4n) is 3.10. The predicted octanol–water partition coefficient (Wildman–Crippen LogP) is 4.69. The predicted molar refractivity (Wildman–Crippen MR) is 105 cm³/mol. The van der Waals surface area contributed by atoms with Crippen LogP contribution in [0.15, 0.2) is 71.8 Å². The highest BCUT2D eigenvalue weighted by atomic mass is 16.6. The Kier molecular flexibility index (Phi) is 3.85. The molecule has 0 aliphatic rings. The number of nitro groups is 1. The van der Waals surface area contributed by atoms with Gasteiger partial charge in [0.1, 0.15) is 0 Å². The normalized spacial score (nSPS) is 11.4. The molecule has 1 N–H and O–H groups in total. The van der Waals surface area contributed by atoms with Crippen LogP contribution < -0.4 is 5.43 Å². The third kappa shape index (κ3) is 2.77. The van der Waals surface area contributed by atoms with Crippen LogP contribution in [0, 0.1) is 10.1 Å². The Morgan fingerprint density at radius 3 is 2.50 bits per heavy atom. The van der Waals surface area contributed by atoms with Gasteiger partial charge in [-0.1, -0.05) is 24.3 Å². The van der Waals surface area contributed by atoms with E-state index in [1.54, 1.807) is 18.3 Å². The van der Waals surface area contributed by atoms with E-state index in [4.69, 9.17) is 0 Å². The molecule has 0 saturated heterocycles. The van der Waals surface area contributed by atoms with Crippen molar-refractivity contribution in [2.24, 2.45) is 12.1 Å². The zero-order valence-electron chi connectivity index (χ0n) is 14.1. The molecule has 4 rings (SSSR count). The molecule has 0 unspecified atom stereocenters. The van der Waals surface area contributed by atoms with Crippen molar-refractivity contribution < 1.29 is 4.92 Å². The van der Waals surface area contributed by atoms with Crippen LogP contribution in [0.2, 0.25) is 0 Å². The van der Waals surface area contributed by atoms with E-state index in [-0.39, 0.29) is 5.69 Å². The quantitative estimate of drug-likeness (QED) is 0.332. The molecule has 3 aromatic carbocycles. The molecule has 0 aliphatic carbocycles. The van der Waals surface area contributed by atoms with Gasteiger partial charge in [0.25, 0.3) is 5.69 Å². The highest BCUT2D eigenvalue weighted by Gasteiger charge is 2.07. The topological polar surface area (TPSA) is 72.5 Å². The van der Waals surface area contributed by atoms with Crippen molar-refractivity contribution in [2.75, 3.05) is 5.43 Å². The zero-order valence-corrected chi connectivity index (χ0v) is 14.1. The molecule has 4 aromatic rings. The molecule has 0 amide bonds. The summed E-state index contributed by atoms with van der Waals surface area (Å²) in [6.07, 6.45) is 1.74. The molecular formula is C20H16N4O2. The maximum atomic E-state index is 10.7. The van der Waals surface area contributed by atoms with Gasteiger partial charge in [0, 0.05) is 41.0 Å². The van der Waals surface area contributed by atoms with E-state index in [0.717, 1.165) is 5.56 Å². The summed E-state index contributed by atoms with van der Waals surface area (Å²) in [6.45, 7) is 0. The number of para-hydroxylation sites is 1. The van der Waals surface area contributed by atoms with Crippen LogP contribution in [0.3, 0.4) is 0 Å². The highest BCUT2D eigenvalue weighted by molar-refractivity contribution is 6.09. The van der Waals surface area contributed by atoms with Crippen molar-refractivity contribution in [3.8, 4) is 0 Å². The Morgan fingerprint density at radius 2 is 1.73 bits per heavy atom. The lowest BCUT2D eigenvalue weighted by Gasteiger charge is -2.00. The summed E-state index contributed by atoms with van der Waals surface area (Å²) in [5, 5.41) is 17.3. The minimum absolute atomic E-state index is 0.0564. The third-order valence-corrected chi connectivity index (χ3v) is 4.42. The number of non-ortho nitro benzene ring substituents is 1. The molecular weight excluding hydrogens is 328 g/mol. The fourth-order valence-corrected chi connectivity index (χ4v) is 3.10. The number of anilines is 1. The van der Waals surface area contributed by atoms with Crippen LogP contribution >= 0.6 is 0 Å². The first-order valence-corrected chi connectivity index (χ1v) is 8.14. The number of benzene rings is 3. The molecule has 0 fully saturated rings. The number of hydrogen-bond donors (Lipinski definition) is 1. The number of aromatic nitrogens is 1. The van der Waals surface area contributed by atoms with E-state index >= 15 is 0 Å². The molecule has 0 bridgehead atoms. The minimum atomic E-state index is -0.424. The average molecular weight is 344 g/mol. The van der Waals surface area contributed by atoms with E-state index in [0.29, 0.717) is 5.69 Å². The maximum absolute atomic E-state index is 10.7. The lowest BCUT2D eigenvalue weighted by molar-refractivity contribution is -0.384. The van der Waals surface area contributed by atoms with Gasteiger partial charge >= 0.3 is 0 Å². The molecule has 0 saturated carbocycles. The van der Waals surface area contributed by atoms with Gasteiger partial charge in [-0.25, -0.2) is 0 Å². The SMILES string of the molecule is Cn1c2ccccc2c2cc(/C=N/Nc3ccc([N+](=O)[O-])cc3)ccc21. The fraction of sp³-hybridized carbons (Fsp3) is 0.0500. The summed E-state index contributed by atoms with van der Waals surface area (Å²) in [4.78, 5) is 10.2. The van der Waals surface area contributed by atoms with Crippen molar-refractivity contribution in [2.45, 2.75) is 0 Å². The molecule has 6 nitrogen and oxygen atoms in total. The van der Waals surface area contributed by atoms with Crippen molar-refractivity contribution >= 4 is 39.4 Å². The van der Waals surface area contributed by atoms with Gasteiger partial charge in [0.2, 0.25) is 0 Å². The lowest BCUT2D eigenvalue weighted by Crippen LogP contribution is -1.92. The molecule has 128 valence electrons. The third-order valence-electron chi connectivity index (χ3n) is 4.42. The van der Waals surface area contributed by atoms with Crippen LogP contribution in [0.1, 0.15) is 5.56 Å². The van der Waals surface area contributed by atoms with E-state index in [9.17, 15) is 10.1 Å². The van der Waals surface area contributed by atoms with E-state index in [1.165, 1.54) is 33.9 Å². The van der Waals surface area contributed by atoms with Crippen molar-refractivity contribution in [3.63, 3.8) is 0 Å². The van der Waals surface area contributed by atoms with Crippen LogP contribution in [0.5, 0.6) is 0 Å². The van der Waals surface area contributed by atoms with Crippen LogP contribution in [0.25, 0.3) is 21.8 Å². The largest absolute Gasteiger partial charge is 0.344 e. The smallest absolute Gasteiger partial charge is 0.269 e. The van der Waals surface area contributed by atoms with Crippen LogP contribution in [-0.4, -0.2) is 15.7 Å². The summed E-state index contributed by atoms with van der Waals surface area (Å²) in [6, 6.07) is 20.7. The molecule has 26 heavy (non-hydrogen) atoms. The molecule has 1 aromatic heterocycles. The Morgan fingerprint density at radius 1 is 1.00 bits per heavy atom. The average Bonchev–Trinajstić information content (AvgIpc) is 2.95. The Hall–Kier alpha value is -3.67. The first-order valence-electron chi connectivity index (χ1n) is 8.14. The summed E-state index contributed by atoms with van der Waals surface area (Å²) < 4.78 is 2.18. The summed E-state index contributed by atoms with van der Waals surface area (Å²) in [5.74, 6) is 0. The van der Waals surface area contributed by atoms with E-state index < -0.39 is 4.92 Å². The summed E-state index contributed by atoms with van der Waals surface area (Å²) in [7, 11) is 2.06. The number of hydrazone groups is 1. The second-order valence-electron chi connectivity index (χ2n) is 6.03. The first kappa shape index (κ1) is 15.8. The number of fused-ring (bicyclic) bond motifs is 3. The van der Waals surface area contributed by atoms with Gasteiger partial charge in [0.05, 0.1) is 16.8 Å². The molecule has 6 heteroatoms. The van der Waals surface area contributed by atoms with E-state index in [1.807, 2.05) is 18.2 Å². The van der Waals surface area contributed by atoms with Crippen molar-refractivity contribution in [3.05, 3.63) is 82.4 Å². The first-order chi connectivity index (χ1) is 12.6. The van der Waals surface area contributed by atoms with E-state index in [2.05, 4.69) is 46.4 Å². The van der Waals surface area contributed by atoms with Gasteiger partial charge in [-0.2, -0.15) is 5.10 Å². The van der Waals surface area contributed by atoms with Gasteiger partial charge in [-0.05, 0) is 35.9 Å². The molecule has 0 aliphatic heterocycles.